The summed E-state index contributed by atoms with van der Waals surface area (Å²) in [7, 11) is -3.75. The van der Waals surface area contributed by atoms with Gasteiger partial charge in [-0.1, -0.05) is 0 Å². The van der Waals surface area contributed by atoms with Crippen LogP contribution in [0.5, 0.6) is 5.75 Å². The number of benzene rings is 1. The Balaban J connectivity index is 1.30. The van der Waals surface area contributed by atoms with E-state index in [1.165, 1.54) is 44.2 Å². The minimum Gasteiger partial charge on any atom is -0.493 e. The first kappa shape index (κ1) is 19.3. The number of hydrogen-bond acceptors (Lipinski definition) is 4. The average Bonchev–Trinajstić information content (AvgIpc) is 3.09. The quantitative estimate of drug-likeness (QED) is 0.757. The molecule has 29 heavy (non-hydrogen) atoms. The molecule has 0 heterocycles. The molecule has 0 unspecified atom stereocenters. The van der Waals surface area contributed by atoms with Gasteiger partial charge in [0.2, 0.25) is 10.0 Å². The summed E-state index contributed by atoms with van der Waals surface area (Å²) in [5, 5.41) is 0. The second-order valence-corrected chi connectivity index (χ2v) is 11.4. The maximum Gasteiger partial charge on any atom is 0.267 e. The summed E-state index contributed by atoms with van der Waals surface area (Å²) < 4.78 is 45.2. The average molecular weight is 422 g/mol. The molecule has 1 aromatic rings. The highest BCUT2D eigenvalue weighted by atomic mass is 32.2. The number of halogens is 1. The zero-order valence-corrected chi connectivity index (χ0v) is 17.5. The van der Waals surface area contributed by atoms with E-state index in [2.05, 4.69) is 0 Å². The van der Waals surface area contributed by atoms with Crippen molar-refractivity contribution in [2.75, 3.05) is 12.9 Å². The Morgan fingerprint density at radius 1 is 1.10 bits per heavy atom. The van der Waals surface area contributed by atoms with Crippen molar-refractivity contribution in [2.45, 2.75) is 50.9 Å². The lowest BCUT2D eigenvalue weighted by molar-refractivity contribution is 0.0977. The number of amides is 1. The molecule has 4 saturated carbocycles. The summed E-state index contributed by atoms with van der Waals surface area (Å²) in [5.74, 6) is 3.19. The monoisotopic (exact) mass is 421 g/mol. The Bertz CT molecular complexity index is 924. The molecule has 1 aromatic carbocycles. The third-order valence-electron chi connectivity index (χ3n) is 7.60. The molecule has 5 rings (SSSR count). The van der Waals surface area contributed by atoms with Crippen LogP contribution in [0.3, 0.4) is 0 Å². The Hall–Kier alpha value is -1.63. The summed E-state index contributed by atoms with van der Waals surface area (Å²) in [6, 6.07) is 2.75. The van der Waals surface area contributed by atoms with Gasteiger partial charge in [-0.15, -0.1) is 0 Å². The van der Waals surface area contributed by atoms with Gasteiger partial charge in [-0.25, -0.2) is 17.5 Å². The van der Waals surface area contributed by atoms with E-state index in [0.717, 1.165) is 48.3 Å². The van der Waals surface area contributed by atoms with Gasteiger partial charge in [0.1, 0.15) is 11.6 Å². The van der Waals surface area contributed by atoms with E-state index in [1.807, 2.05) is 4.72 Å². The lowest BCUT2D eigenvalue weighted by Crippen LogP contribution is -2.30. The number of hydrogen-bond donors (Lipinski definition) is 1. The van der Waals surface area contributed by atoms with Crippen LogP contribution < -0.4 is 9.46 Å². The van der Waals surface area contributed by atoms with Crippen molar-refractivity contribution < 1.29 is 22.3 Å². The number of nitrogens with one attached hydrogen (secondary N) is 1. The number of carbonyl (C=O) groups is 1. The number of rotatable bonds is 6. The zero-order valence-electron chi connectivity index (χ0n) is 16.7. The predicted molar refractivity (Wildman–Crippen MR) is 107 cm³/mol. The fraction of sp³-hybridized carbons (Fsp3) is 0.682. The van der Waals surface area contributed by atoms with Gasteiger partial charge >= 0.3 is 0 Å². The molecule has 1 amide bonds. The molecule has 1 N–H and O–H groups in total. The lowest BCUT2D eigenvalue weighted by Gasteiger charge is -2.23. The lowest BCUT2D eigenvalue weighted by atomic mass is 9.82. The maximum absolute atomic E-state index is 14.6. The predicted octanol–water partition coefficient (Wildman–Crippen LogP) is 3.84. The molecule has 0 aromatic heterocycles. The van der Waals surface area contributed by atoms with Gasteiger partial charge in [-0.3, -0.25) is 4.79 Å². The molecule has 0 aliphatic heterocycles. The number of carbonyl (C=O) groups excluding carboxylic acids is 1. The first-order chi connectivity index (χ1) is 13.8. The van der Waals surface area contributed by atoms with Crippen LogP contribution in [-0.2, 0) is 10.0 Å². The van der Waals surface area contributed by atoms with E-state index in [0.29, 0.717) is 18.3 Å². The van der Waals surface area contributed by atoms with E-state index < -0.39 is 21.7 Å². The van der Waals surface area contributed by atoms with Crippen molar-refractivity contribution in [1.82, 2.24) is 4.72 Å². The van der Waals surface area contributed by atoms with Crippen LogP contribution >= 0.6 is 0 Å². The third-order valence-corrected chi connectivity index (χ3v) is 8.16. The Morgan fingerprint density at radius 2 is 1.76 bits per heavy atom. The Morgan fingerprint density at radius 3 is 2.34 bits per heavy atom. The number of ether oxygens (including phenoxy) is 1. The molecule has 0 radical (unpaired) electrons. The zero-order chi connectivity index (χ0) is 20.3. The number of fused-ring (bicyclic) bond motifs is 5. The van der Waals surface area contributed by atoms with Crippen molar-refractivity contribution in [1.29, 1.82) is 0 Å². The molecule has 4 fully saturated rings. The van der Waals surface area contributed by atoms with Gasteiger partial charge in [0.15, 0.2) is 0 Å². The summed E-state index contributed by atoms with van der Waals surface area (Å²) in [5.41, 5.74) is 0.583. The topological polar surface area (TPSA) is 72.5 Å². The minimum absolute atomic E-state index is 0.239. The molecule has 4 aliphatic rings. The molecule has 2 bridgehead atoms. The van der Waals surface area contributed by atoms with E-state index in [9.17, 15) is 17.6 Å². The van der Waals surface area contributed by atoms with Crippen LogP contribution in [0.1, 0.15) is 66.8 Å². The van der Waals surface area contributed by atoms with E-state index >= 15 is 0 Å². The van der Waals surface area contributed by atoms with Crippen LogP contribution in [-0.4, -0.2) is 27.2 Å². The van der Waals surface area contributed by atoms with Gasteiger partial charge in [0.25, 0.3) is 5.91 Å². The second kappa shape index (κ2) is 6.96. The molecule has 0 saturated heterocycles. The van der Waals surface area contributed by atoms with Crippen LogP contribution in [0.15, 0.2) is 12.1 Å². The molecule has 5 atom stereocenters. The third kappa shape index (κ3) is 3.78. The van der Waals surface area contributed by atoms with Crippen LogP contribution in [0.4, 0.5) is 4.39 Å². The molecule has 7 heteroatoms. The molecular formula is C22H28FNO4S. The first-order valence-electron chi connectivity index (χ1n) is 10.8. The van der Waals surface area contributed by atoms with Crippen molar-refractivity contribution in [2.24, 2.45) is 29.6 Å². The Kier molecular flexibility index (Phi) is 4.64. The fourth-order valence-corrected chi connectivity index (χ4v) is 6.73. The molecule has 158 valence electrons. The molecule has 5 nitrogen and oxygen atoms in total. The van der Waals surface area contributed by atoms with E-state index in [1.54, 1.807) is 0 Å². The van der Waals surface area contributed by atoms with Crippen LogP contribution in [0.2, 0.25) is 0 Å². The van der Waals surface area contributed by atoms with Crippen LogP contribution in [0.25, 0.3) is 0 Å². The Labute approximate surface area is 171 Å². The summed E-state index contributed by atoms with van der Waals surface area (Å²) in [6.45, 7) is 0.598. The summed E-state index contributed by atoms with van der Waals surface area (Å²) in [6.07, 6.45) is 9.51. The highest BCUT2D eigenvalue weighted by molar-refractivity contribution is 7.89. The molecule has 4 aliphatic carbocycles. The van der Waals surface area contributed by atoms with Crippen molar-refractivity contribution in [3.63, 3.8) is 0 Å². The molecular weight excluding hydrogens is 393 g/mol. The van der Waals surface area contributed by atoms with Crippen LogP contribution in [0, 0.1) is 35.4 Å². The normalized spacial score (nSPS) is 33.0. The van der Waals surface area contributed by atoms with Gasteiger partial charge in [-0.05, 0) is 92.1 Å². The highest BCUT2D eigenvalue weighted by Crippen LogP contribution is 2.60. The standard InChI is InChI=1S/C22H28FNO4S/c1-29(26,27)24-22(25)19-9-18(13-2-3-13)21(10-20(19)23)28-11-12-6-16-14-4-5-15(8-14)17(16)7-12/h9-10,12-17H,2-8,11H2,1H3,(H,24,25)/t12-,14+,15-,16-,17+. The van der Waals surface area contributed by atoms with E-state index in [4.69, 9.17) is 4.74 Å². The minimum atomic E-state index is -3.75. The van der Waals surface area contributed by atoms with Gasteiger partial charge in [0, 0.05) is 6.07 Å². The van der Waals surface area contributed by atoms with Gasteiger partial charge < -0.3 is 4.74 Å². The highest BCUT2D eigenvalue weighted by Gasteiger charge is 2.51. The summed E-state index contributed by atoms with van der Waals surface area (Å²) in [4.78, 5) is 12.2. The van der Waals surface area contributed by atoms with Gasteiger partial charge in [-0.2, -0.15) is 0 Å². The van der Waals surface area contributed by atoms with E-state index in [-0.39, 0.29) is 11.5 Å². The van der Waals surface area contributed by atoms with Crippen molar-refractivity contribution >= 4 is 15.9 Å². The van der Waals surface area contributed by atoms with Gasteiger partial charge in [0.05, 0.1) is 18.4 Å². The largest absolute Gasteiger partial charge is 0.493 e. The van der Waals surface area contributed by atoms with Crippen molar-refractivity contribution in [3.8, 4) is 5.75 Å². The smallest absolute Gasteiger partial charge is 0.267 e. The second-order valence-electron chi connectivity index (χ2n) is 9.66. The summed E-state index contributed by atoms with van der Waals surface area (Å²) >= 11 is 0. The first-order valence-corrected chi connectivity index (χ1v) is 12.7. The maximum atomic E-state index is 14.6. The SMILES string of the molecule is CS(=O)(=O)NC(=O)c1cc(C2CC2)c(OC[C@@H]2C[C@@H]3[C@H]4CC[C@H](C4)[C@@H]3C2)cc1F. The molecule has 0 spiro atoms. The number of sulfonamides is 1. The fourth-order valence-electron chi connectivity index (χ4n) is 6.28. The van der Waals surface area contributed by atoms with Crippen molar-refractivity contribution in [3.05, 3.63) is 29.1 Å².